The largest absolute Gasteiger partial charge is 0.357 e. The monoisotopic (exact) mass is 432 g/mol. The van der Waals surface area contributed by atoms with Gasteiger partial charge in [-0.3, -0.25) is 4.99 Å². The van der Waals surface area contributed by atoms with Gasteiger partial charge in [0.15, 0.2) is 5.96 Å². The van der Waals surface area contributed by atoms with Crippen LogP contribution in [-0.4, -0.2) is 24.1 Å². The topological polar surface area (TPSA) is 41.4 Å². The summed E-state index contributed by atoms with van der Waals surface area (Å²) >= 11 is 1.83. The molecule has 1 atom stereocenters. The fraction of sp³-hybridized carbons (Fsp3) is 0.438. The van der Waals surface area contributed by atoms with Gasteiger partial charge in [-0.15, -0.1) is 35.3 Å². The summed E-state index contributed by atoms with van der Waals surface area (Å²) in [4.78, 5) is 5.71. The quantitative estimate of drug-likeness (QED) is 0.418. The van der Waals surface area contributed by atoms with E-state index in [-0.39, 0.29) is 24.0 Å². The van der Waals surface area contributed by atoms with Crippen LogP contribution in [0, 0.1) is 5.92 Å². The molecule has 0 radical (unpaired) electrons. The molecule has 0 bridgehead atoms. The van der Waals surface area contributed by atoms with Crippen molar-refractivity contribution in [2.24, 2.45) is 18.0 Å². The van der Waals surface area contributed by atoms with Crippen molar-refractivity contribution >= 4 is 41.3 Å². The average Bonchev–Trinajstić information content (AvgIpc) is 3.11. The molecule has 0 amide bonds. The van der Waals surface area contributed by atoms with Crippen LogP contribution in [0.4, 0.5) is 0 Å². The molecule has 22 heavy (non-hydrogen) atoms. The molecule has 2 rings (SSSR count). The molecule has 0 aliphatic rings. The predicted molar refractivity (Wildman–Crippen MR) is 106 cm³/mol. The molecule has 0 saturated carbocycles. The van der Waals surface area contributed by atoms with Crippen molar-refractivity contribution in [1.29, 1.82) is 0 Å². The minimum Gasteiger partial charge on any atom is -0.357 e. The molecule has 0 aliphatic heterocycles. The van der Waals surface area contributed by atoms with Crippen LogP contribution in [0.3, 0.4) is 0 Å². The Bertz CT molecular complexity index is 562. The van der Waals surface area contributed by atoms with Gasteiger partial charge < -0.3 is 15.2 Å². The second kappa shape index (κ2) is 9.89. The highest BCUT2D eigenvalue weighted by Crippen LogP contribution is 2.13. The van der Waals surface area contributed by atoms with Crippen LogP contribution in [0.25, 0.3) is 0 Å². The number of hydrogen-bond acceptors (Lipinski definition) is 2. The Balaban J connectivity index is 0.00000242. The Kier molecular flexibility index (Phi) is 8.55. The van der Waals surface area contributed by atoms with E-state index in [2.05, 4.69) is 63.1 Å². The Morgan fingerprint density at radius 1 is 1.36 bits per heavy atom. The fourth-order valence-electron chi connectivity index (χ4n) is 2.19. The number of hydrogen-bond donors (Lipinski definition) is 2. The van der Waals surface area contributed by atoms with Crippen molar-refractivity contribution < 1.29 is 0 Å². The van der Waals surface area contributed by atoms with Gasteiger partial charge in [-0.25, -0.2) is 0 Å². The maximum absolute atomic E-state index is 4.27. The molecule has 2 aromatic heterocycles. The standard InChI is InChI=1S/C16H24N4S.HI/c1-13(9-15-5-4-8-21-15)10-18-16(17-2)19-11-14-6-7-20(3)12-14;/h4-8,12-13H,9-11H2,1-3H3,(H2,17,18,19);1H. The van der Waals surface area contributed by atoms with E-state index in [0.717, 1.165) is 25.5 Å². The summed E-state index contributed by atoms with van der Waals surface area (Å²) in [6.07, 6.45) is 5.27. The van der Waals surface area contributed by atoms with Crippen LogP contribution in [-0.2, 0) is 20.0 Å². The fourth-order valence-corrected chi connectivity index (χ4v) is 3.06. The first-order valence-electron chi connectivity index (χ1n) is 7.25. The molecule has 122 valence electrons. The van der Waals surface area contributed by atoms with Crippen molar-refractivity contribution in [2.75, 3.05) is 13.6 Å². The van der Waals surface area contributed by atoms with E-state index in [4.69, 9.17) is 0 Å². The summed E-state index contributed by atoms with van der Waals surface area (Å²) in [6, 6.07) is 6.42. The van der Waals surface area contributed by atoms with Crippen LogP contribution < -0.4 is 10.6 Å². The van der Waals surface area contributed by atoms with E-state index in [1.807, 2.05) is 25.4 Å². The number of aryl methyl sites for hydroxylation is 1. The van der Waals surface area contributed by atoms with Crippen LogP contribution in [0.2, 0.25) is 0 Å². The molecule has 0 saturated heterocycles. The lowest BCUT2D eigenvalue weighted by atomic mass is 10.1. The van der Waals surface area contributed by atoms with Gasteiger partial charge in [0, 0.05) is 44.5 Å². The van der Waals surface area contributed by atoms with Crippen molar-refractivity contribution in [1.82, 2.24) is 15.2 Å². The second-order valence-corrected chi connectivity index (χ2v) is 6.41. The van der Waals surface area contributed by atoms with E-state index in [0.29, 0.717) is 5.92 Å². The highest BCUT2D eigenvalue weighted by atomic mass is 127. The third-order valence-electron chi connectivity index (χ3n) is 3.32. The van der Waals surface area contributed by atoms with Gasteiger partial charge in [-0.1, -0.05) is 13.0 Å². The van der Waals surface area contributed by atoms with Crippen molar-refractivity contribution in [3.8, 4) is 0 Å². The van der Waals surface area contributed by atoms with Crippen molar-refractivity contribution in [3.05, 3.63) is 46.4 Å². The predicted octanol–water partition coefficient (Wildman–Crippen LogP) is 3.25. The molecule has 1 unspecified atom stereocenters. The normalized spacial score (nSPS) is 12.6. The van der Waals surface area contributed by atoms with Crippen LogP contribution in [0.5, 0.6) is 0 Å². The molecular weight excluding hydrogens is 407 g/mol. The average molecular weight is 432 g/mol. The summed E-state index contributed by atoms with van der Waals surface area (Å²) in [5.74, 6) is 1.44. The molecule has 4 nitrogen and oxygen atoms in total. The molecule has 2 aromatic rings. The first-order chi connectivity index (χ1) is 10.2. The Morgan fingerprint density at radius 3 is 2.77 bits per heavy atom. The van der Waals surface area contributed by atoms with Gasteiger partial charge in [0.2, 0.25) is 0 Å². The van der Waals surface area contributed by atoms with Gasteiger partial charge in [0.05, 0.1) is 0 Å². The number of nitrogens with zero attached hydrogens (tertiary/aromatic N) is 2. The SMILES string of the molecule is CN=C(NCc1ccn(C)c1)NCC(C)Cc1cccs1.I. The zero-order valence-electron chi connectivity index (χ0n) is 13.4. The van der Waals surface area contributed by atoms with E-state index < -0.39 is 0 Å². The zero-order valence-corrected chi connectivity index (χ0v) is 16.5. The lowest BCUT2D eigenvalue weighted by Crippen LogP contribution is -2.39. The smallest absolute Gasteiger partial charge is 0.191 e. The minimum atomic E-state index is 0. The van der Waals surface area contributed by atoms with Gasteiger partial charge >= 0.3 is 0 Å². The minimum absolute atomic E-state index is 0. The van der Waals surface area contributed by atoms with E-state index in [1.54, 1.807) is 0 Å². The zero-order chi connectivity index (χ0) is 15.1. The van der Waals surface area contributed by atoms with Crippen LogP contribution in [0.1, 0.15) is 17.4 Å². The summed E-state index contributed by atoms with van der Waals surface area (Å²) in [7, 11) is 3.84. The molecule has 0 aliphatic carbocycles. The van der Waals surface area contributed by atoms with Gasteiger partial charge in [-0.05, 0) is 35.4 Å². The van der Waals surface area contributed by atoms with Crippen LogP contribution in [0.15, 0.2) is 41.0 Å². The van der Waals surface area contributed by atoms with Gasteiger partial charge in [0.1, 0.15) is 0 Å². The maximum Gasteiger partial charge on any atom is 0.191 e. The van der Waals surface area contributed by atoms with E-state index >= 15 is 0 Å². The molecule has 2 N–H and O–H groups in total. The summed E-state index contributed by atoms with van der Waals surface area (Å²) in [5.41, 5.74) is 1.26. The number of nitrogens with one attached hydrogen (secondary N) is 2. The van der Waals surface area contributed by atoms with E-state index in [9.17, 15) is 0 Å². The lowest BCUT2D eigenvalue weighted by molar-refractivity contribution is 0.562. The third-order valence-corrected chi connectivity index (χ3v) is 4.22. The van der Waals surface area contributed by atoms with E-state index in [1.165, 1.54) is 10.4 Å². The number of thiophene rings is 1. The highest BCUT2D eigenvalue weighted by molar-refractivity contribution is 14.0. The van der Waals surface area contributed by atoms with Gasteiger partial charge in [-0.2, -0.15) is 0 Å². The summed E-state index contributed by atoms with van der Waals surface area (Å²) < 4.78 is 2.05. The molecule has 2 heterocycles. The molecule has 0 aromatic carbocycles. The second-order valence-electron chi connectivity index (χ2n) is 5.38. The number of rotatable bonds is 6. The Morgan fingerprint density at radius 2 is 2.18 bits per heavy atom. The third kappa shape index (κ3) is 6.39. The van der Waals surface area contributed by atoms with Crippen LogP contribution >= 0.6 is 35.3 Å². The molecule has 0 spiro atoms. The number of aliphatic imine (C=N–C) groups is 1. The highest BCUT2D eigenvalue weighted by Gasteiger charge is 2.06. The number of halogens is 1. The van der Waals surface area contributed by atoms with Gasteiger partial charge in [0.25, 0.3) is 0 Å². The molecule has 0 fully saturated rings. The molecule has 6 heteroatoms. The summed E-state index contributed by atoms with van der Waals surface area (Å²) in [5, 5.41) is 8.87. The first kappa shape index (κ1) is 19.0. The Labute approximate surface area is 154 Å². The first-order valence-corrected chi connectivity index (χ1v) is 8.13. The van der Waals surface area contributed by atoms with Crippen molar-refractivity contribution in [3.63, 3.8) is 0 Å². The lowest BCUT2D eigenvalue weighted by Gasteiger charge is -2.15. The van der Waals surface area contributed by atoms with Crippen molar-refractivity contribution in [2.45, 2.75) is 19.9 Å². The summed E-state index contributed by atoms with van der Waals surface area (Å²) in [6.45, 7) is 3.98. The number of aromatic nitrogens is 1. The number of guanidine groups is 1. The maximum atomic E-state index is 4.27. The molecular formula is C16H25IN4S. The Hall–Kier alpha value is -1.02.